The van der Waals surface area contributed by atoms with Crippen LogP contribution in [0.25, 0.3) is 21.8 Å². The number of benzene rings is 5. The summed E-state index contributed by atoms with van der Waals surface area (Å²) in [6.45, 7) is 0.476. The largest absolute Gasteiger partial charge is 0.356 e. The topological polar surface area (TPSA) is 25.0 Å². The van der Waals surface area contributed by atoms with Gasteiger partial charge in [0.05, 0.1) is 6.61 Å². The van der Waals surface area contributed by atoms with E-state index in [0.29, 0.717) is 6.61 Å². The zero-order chi connectivity index (χ0) is 22.8. The molecule has 34 heavy (non-hydrogen) atoms. The molecule has 0 fully saturated rings. The lowest BCUT2D eigenvalue weighted by Crippen LogP contribution is -2.32. The first-order chi connectivity index (χ1) is 16.8. The van der Waals surface area contributed by atoms with Crippen molar-refractivity contribution in [3.8, 4) is 0 Å². The lowest BCUT2D eigenvalue weighted by Gasteiger charge is -2.36. The number of rotatable bonds is 6. The Morgan fingerprint density at radius 2 is 1.00 bits per heavy atom. The van der Waals surface area contributed by atoms with E-state index in [2.05, 4.69) is 120 Å². The Morgan fingerprint density at radius 3 is 1.59 bits per heavy atom. The molecule has 0 aliphatic carbocycles. The van der Waals surface area contributed by atoms with Crippen molar-refractivity contribution < 1.29 is 4.74 Å². The molecule has 1 aromatic heterocycles. The molecule has 1 N–H and O–H groups in total. The number of hydrogen-bond donors (Lipinski definition) is 1. The second-order valence-corrected chi connectivity index (χ2v) is 8.62. The molecule has 0 atom stereocenters. The minimum Gasteiger partial charge on any atom is -0.356 e. The van der Waals surface area contributed by atoms with Gasteiger partial charge in [0.25, 0.3) is 0 Å². The van der Waals surface area contributed by atoms with Crippen LogP contribution in [0.4, 0.5) is 0 Å². The molecule has 6 rings (SSSR count). The predicted molar refractivity (Wildman–Crippen MR) is 140 cm³/mol. The van der Waals surface area contributed by atoms with Gasteiger partial charge in [-0.25, -0.2) is 0 Å². The molecule has 6 aromatic rings. The van der Waals surface area contributed by atoms with Crippen LogP contribution in [0.5, 0.6) is 0 Å². The van der Waals surface area contributed by atoms with E-state index >= 15 is 0 Å². The van der Waals surface area contributed by atoms with Gasteiger partial charge in [0, 0.05) is 21.8 Å². The first-order valence-corrected chi connectivity index (χ1v) is 11.6. The molecular formula is C32H25NO. The Bertz CT molecular complexity index is 1440. The zero-order valence-electron chi connectivity index (χ0n) is 18.8. The SMILES string of the molecule is c1ccc(C(OCc2ccc3c(c2)[nH]c2ccccc23)(c2ccccc2)c2ccccc2)cc1. The van der Waals surface area contributed by atoms with Crippen LogP contribution in [0.1, 0.15) is 22.3 Å². The van der Waals surface area contributed by atoms with Crippen LogP contribution in [0.2, 0.25) is 0 Å². The van der Waals surface area contributed by atoms with Gasteiger partial charge < -0.3 is 9.72 Å². The maximum atomic E-state index is 6.98. The number of aromatic amines is 1. The second-order valence-electron chi connectivity index (χ2n) is 8.62. The predicted octanol–water partition coefficient (Wildman–Crippen LogP) is 7.83. The molecule has 0 aliphatic rings. The zero-order valence-corrected chi connectivity index (χ0v) is 18.8. The van der Waals surface area contributed by atoms with E-state index in [1.807, 2.05) is 18.2 Å². The molecule has 0 bridgehead atoms. The lowest BCUT2D eigenvalue weighted by molar-refractivity contribution is 0.000287. The smallest absolute Gasteiger partial charge is 0.144 e. The normalized spacial score (nSPS) is 11.8. The van der Waals surface area contributed by atoms with Crippen molar-refractivity contribution in [2.24, 2.45) is 0 Å². The van der Waals surface area contributed by atoms with Crippen LogP contribution in [0.15, 0.2) is 133 Å². The molecule has 0 saturated heterocycles. The van der Waals surface area contributed by atoms with E-state index < -0.39 is 5.60 Å². The highest BCUT2D eigenvalue weighted by molar-refractivity contribution is 6.07. The third kappa shape index (κ3) is 3.49. The van der Waals surface area contributed by atoms with Gasteiger partial charge in [-0.15, -0.1) is 0 Å². The van der Waals surface area contributed by atoms with Gasteiger partial charge in [-0.1, -0.05) is 121 Å². The molecule has 0 spiro atoms. The molecule has 2 nitrogen and oxygen atoms in total. The second kappa shape index (κ2) is 8.66. The molecular weight excluding hydrogens is 414 g/mol. The first kappa shape index (κ1) is 20.5. The van der Waals surface area contributed by atoms with E-state index in [1.54, 1.807) is 0 Å². The van der Waals surface area contributed by atoms with E-state index in [1.165, 1.54) is 10.8 Å². The summed E-state index contributed by atoms with van der Waals surface area (Å²) < 4.78 is 6.98. The van der Waals surface area contributed by atoms with Gasteiger partial charge in [0.15, 0.2) is 0 Å². The summed E-state index contributed by atoms with van der Waals surface area (Å²) in [7, 11) is 0. The summed E-state index contributed by atoms with van der Waals surface area (Å²) in [4.78, 5) is 3.56. The van der Waals surface area contributed by atoms with Gasteiger partial charge in [-0.05, 0) is 34.4 Å². The quantitative estimate of drug-likeness (QED) is 0.263. The maximum absolute atomic E-state index is 6.98. The molecule has 5 aromatic carbocycles. The van der Waals surface area contributed by atoms with Crippen LogP contribution < -0.4 is 0 Å². The molecule has 1 heterocycles. The van der Waals surface area contributed by atoms with Crippen LogP contribution in [0, 0.1) is 0 Å². The van der Waals surface area contributed by atoms with Crippen molar-refractivity contribution >= 4 is 21.8 Å². The summed E-state index contributed by atoms with van der Waals surface area (Å²) in [5, 5.41) is 2.48. The summed E-state index contributed by atoms with van der Waals surface area (Å²) >= 11 is 0. The highest BCUT2D eigenvalue weighted by atomic mass is 16.5. The summed E-state index contributed by atoms with van der Waals surface area (Å²) in [6.07, 6.45) is 0. The lowest BCUT2D eigenvalue weighted by atomic mass is 9.80. The van der Waals surface area contributed by atoms with E-state index in [4.69, 9.17) is 4.74 Å². The molecule has 0 radical (unpaired) electrons. The number of nitrogens with one attached hydrogen (secondary N) is 1. The third-order valence-corrected chi connectivity index (χ3v) is 6.57. The molecule has 164 valence electrons. The molecule has 0 saturated carbocycles. The van der Waals surface area contributed by atoms with Crippen LogP contribution in [0.3, 0.4) is 0 Å². The number of aromatic nitrogens is 1. The van der Waals surface area contributed by atoms with Crippen molar-refractivity contribution in [1.82, 2.24) is 4.98 Å². The number of para-hydroxylation sites is 1. The Balaban J connectivity index is 1.47. The minimum absolute atomic E-state index is 0.476. The summed E-state index contributed by atoms with van der Waals surface area (Å²) in [6, 6.07) is 46.6. The summed E-state index contributed by atoms with van der Waals surface area (Å²) in [5.74, 6) is 0. The molecule has 0 aliphatic heterocycles. The highest BCUT2D eigenvalue weighted by Crippen LogP contribution is 2.41. The number of H-pyrrole nitrogens is 1. The monoisotopic (exact) mass is 439 g/mol. The summed E-state index contributed by atoms with van der Waals surface area (Å²) in [5.41, 5.74) is 6.03. The first-order valence-electron chi connectivity index (χ1n) is 11.6. The molecule has 0 amide bonds. The van der Waals surface area contributed by atoms with E-state index in [-0.39, 0.29) is 0 Å². The fraction of sp³-hybridized carbons (Fsp3) is 0.0625. The van der Waals surface area contributed by atoms with Gasteiger partial charge >= 0.3 is 0 Å². The van der Waals surface area contributed by atoms with Crippen molar-refractivity contribution in [3.63, 3.8) is 0 Å². The Labute approximate surface area is 199 Å². The van der Waals surface area contributed by atoms with Gasteiger partial charge in [-0.2, -0.15) is 0 Å². The van der Waals surface area contributed by atoms with Gasteiger partial charge in [0.1, 0.15) is 5.60 Å². The van der Waals surface area contributed by atoms with Crippen molar-refractivity contribution in [2.75, 3.05) is 0 Å². The number of ether oxygens (including phenoxy) is 1. The Morgan fingerprint density at radius 1 is 0.500 bits per heavy atom. The fourth-order valence-electron chi connectivity index (χ4n) is 4.95. The highest BCUT2D eigenvalue weighted by Gasteiger charge is 2.37. The van der Waals surface area contributed by atoms with Crippen molar-refractivity contribution in [1.29, 1.82) is 0 Å². The van der Waals surface area contributed by atoms with Crippen molar-refractivity contribution in [3.05, 3.63) is 156 Å². The third-order valence-electron chi connectivity index (χ3n) is 6.57. The molecule has 0 unspecified atom stereocenters. The minimum atomic E-state index is -0.723. The Kier molecular flexibility index (Phi) is 5.21. The Hall–Kier alpha value is -4.14. The average molecular weight is 440 g/mol. The van der Waals surface area contributed by atoms with Crippen LogP contribution in [-0.4, -0.2) is 4.98 Å². The van der Waals surface area contributed by atoms with Gasteiger partial charge in [-0.3, -0.25) is 0 Å². The van der Waals surface area contributed by atoms with E-state index in [0.717, 1.165) is 33.3 Å². The number of hydrogen-bond acceptors (Lipinski definition) is 1. The number of fused-ring (bicyclic) bond motifs is 3. The van der Waals surface area contributed by atoms with Gasteiger partial charge in [0.2, 0.25) is 0 Å². The average Bonchev–Trinajstić information content (AvgIpc) is 3.29. The molecule has 2 heteroatoms. The van der Waals surface area contributed by atoms with Crippen LogP contribution >= 0.6 is 0 Å². The van der Waals surface area contributed by atoms with Crippen molar-refractivity contribution in [2.45, 2.75) is 12.2 Å². The fourth-order valence-corrected chi connectivity index (χ4v) is 4.95. The van der Waals surface area contributed by atoms with Crippen LogP contribution in [-0.2, 0) is 16.9 Å². The standard InChI is InChI=1S/C32H25NO/c1-4-12-25(13-5-1)32(26-14-6-2-7-15-26,27-16-8-3-9-17-27)34-23-24-20-21-29-28-18-10-11-19-30(28)33-31(29)22-24/h1-22,33H,23H2. The maximum Gasteiger partial charge on any atom is 0.144 e. The van der Waals surface area contributed by atoms with E-state index in [9.17, 15) is 0 Å².